The predicted octanol–water partition coefficient (Wildman–Crippen LogP) is 2.00. The van der Waals surface area contributed by atoms with Crippen molar-refractivity contribution < 1.29 is 14.6 Å². The van der Waals surface area contributed by atoms with Gasteiger partial charge in [0.25, 0.3) is 0 Å². The Morgan fingerprint density at radius 1 is 1.26 bits per heavy atom. The van der Waals surface area contributed by atoms with Crippen molar-refractivity contribution in [1.29, 1.82) is 0 Å². The highest BCUT2D eigenvalue weighted by Crippen LogP contribution is 2.06. The van der Waals surface area contributed by atoms with Gasteiger partial charge in [-0.15, -0.1) is 0 Å². The van der Waals surface area contributed by atoms with Gasteiger partial charge in [0.05, 0.1) is 13.2 Å². The van der Waals surface area contributed by atoms with Gasteiger partial charge < -0.3 is 15.2 Å². The maximum atomic E-state index is 11.7. The van der Waals surface area contributed by atoms with Crippen LogP contribution in [0.4, 0.5) is 0 Å². The Morgan fingerprint density at radius 3 is 2.42 bits per heavy atom. The summed E-state index contributed by atoms with van der Waals surface area (Å²) in [5.74, 6) is -0.184. The normalized spacial score (nSPS) is 12.2. The topological polar surface area (TPSA) is 58.6 Å². The van der Waals surface area contributed by atoms with Gasteiger partial charge in [-0.2, -0.15) is 0 Å². The first-order chi connectivity index (χ1) is 9.21. The van der Waals surface area contributed by atoms with E-state index in [1.54, 1.807) is 0 Å². The van der Waals surface area contributed by atoms with E-state index < -0.39 is 0 Å². The van der Waals surface area contributed by atoms with Crippen molar-refractivity contribution in [3.05, 3.63) is 35.4 Å². The molecule has 0 aliphatic carbocycles. The minimum atomic E-state index is -0.248. The highest BCUT2D eigenvalue weighted by Gasteiger charge is 2.17. The van der Waals surface area contributed by atoms with Crippen LogP contribution in [0.2, 0.25) is 0 Å². The molecule has 0 bridgehead atoms. The standard InChI is InChI=1S/C15H23NO3/c1-3-5-14(15(18)19-4-2)16-10-12-6-8-13(11-17)9-7-12/h6-9,14,16-17H,3-5,10-11H2,1-2H3. The zero-order valence-electron chi connectivity index (χ0n) is 11.7. The predicted molar refractivity (Wildman–Crippen MR) is 74.5 cm³/mol. The largest absolute Gasteiger partial charge is 0.465 e. The van der Waals surface area contributed by atoms with Crippen molar-refractivity contribution in [3.63, 3.8) is 0 Å². The fourth-order valence-corrected chi connectivity index (χ4v) is 1.84. The minimum Gasteiger partial charge on any atom is -0.465 e. The summed E-state index contributed by atoms with van der Waals surface area (Å²) in [6.07, 6.45) is 1.70. The summed E-state index contributed by atoms with van der Waals surface area (Å²) in [5.41, 5.74) is 1.97. The lowest BCUT2D eigenvalue weighted by atomic mass is 10.1. The summed E-state index contributed by atoms with van der Waals surface area (Å²) in [6, 6.07) is 7.42. The number of ether oxygens (including phenoxy) is 1. The Hall–Kier alpha value is -1.39. The number of aliphatic hydroxyl groups excluding tert-OH is 1. The number of esters is 1. The van der Waals surface area contributed by atoms with Crippen molar-refractivity contribution >= 4 is 5.97 Å². The first-order valence-electron chi connectivity index (χ1n) is 6.79. The minimum absolute atomic E-state index is 0.0506. The van der Waals surface area contributed by atoms with Gasteiger partial charge in [-0.1, -0.05) is 37.6 Å². The number of hydrogen-bond donors (Lipinski definition) is 2. The van der Waals surface area contributed by atoms with E-state index in [1.807, 2.05) is 38.1 Å². The van der Waals surface area contributed by atoms with Crippen LogP contribution >= 0.6 is 0 Å². The third-order valence-electron chi connectivity index (χ3n) is 2.91. The molecule has 0 spiro atoms. The molecule has 0 fully saturated rings. The Morgan fingerprint density at radius 2 is 1.89 bits per heavy atom. The Kier molecular flexibility index (Phi) is 7.15. The maximum absolute atomic E-state index is 11.7. The summed E-state index contributed by atoms with van der Waals surface area (Å²) in [5, 5.41) is 12.2. The van der Waals surface area contributed by atoms with Crippen molar-refractivity contribution in [2.75, 3.05) is 6.61 Å². The fourth-order valence-electron chi connectivity index (χ4n) is 1.84. The molecule has 4 heteroatoms. The first kappa shape index (κ1) is 15.7. The van der Waals surface area contributed by atoms with Gasteiger partial charge in [0.2, 0.25) is 0 Å². The second-order valence-electron chi connectivity index (χ2n) is 4.45. The molecule has 1 atom stereocenters. The quantitative estimate of drug-likeness (QED) is 0.706. The molecule has 1 unspecified atom stereocenters. The lowest BCUT2D eigenvalue weighted by Crippen LogP contribution is -2.37. The lowest BCUT2D eigenvalue weighted by Gasteiger charge is -2.16. The number of aliphatic hydroxyl groups is 1. The molecule has 0 radical (unpaired) electrons. The molecule has 0 saturated carbocycles. The smallest absolute Gasteiger partial charge is 0.323 e. The fraction of sp³-hybridized carbons (Fsp3) is 0.533. The van der Waals surface area contributed by atoms with Gasteiger partial charge in [-0.3, -0.25) is 4.79 Å². The molecular weight excluding hydrogens is 242 g/mol. The summed E-state index contributed by atoms with van der Waals surface area (Å²) in [7, 11) is 0. The zero-order chi connectivity index (χ0) is 14.1. The third kappa shape index (κ3) is 5.41. The molecule has 0 amide bonds. The van der Waals surface area contributed by atoms with Crippen LogP contribution in [0, 0.1) is 0 Å². The van der Waals surface area contributed by atoms with Crippen molar-refractivity contribution in [2.45, 2.75) is 45.9 Å². The maximum Gasteiger partial charge on any atom is 0.323 e. The van der Waals surface area contributed by atoms with Gasteiger partial charge in [-0.05, 0) is 24.5 Å². The Bertz CT molecular complexity index is 375. The van der Waals surface area contributed by atoms with E-state index in [0.29, 0.717) is 13.2 Å². The van der Waals surface area contributed by atoms with Crippen molar-refractivity contribution in [1.82, 2.24) is 5.32 Å². The van der Waals surface area contributed by atoms with Crippen LogP contribution < -0.4 is 5.32 Å². The average molecular weight is 265 g/mol. The first-order valence-corrected chi connectivity index (χ1v) is 6.79. The molecule has 106 valence electrons. The Balaban J connectivity index is 2.52. The molecule has 0 heterocycles. The number of nitrogens with one attached hydrogen (secondary N) is 1. The molecule has 19 heavy (non-hydrogen) atoms. The molecule has 1 aromatic carbocycles. The molecule has 0 aromatic heterocycles. The summed E-state index contributed by atoms with van der Waals surface area (Å²) >= 11 is 0. The SMILES string of the molecule is CCCC(NCc1ccc(CO)cc1)C(=O)OCC. The van der Waals surface area contributed by atoms with E-state index >= 15 is 0 Å². The zero-order valence-corrected chi connectivity index (χ0v) is 11.7. The molecule has 1 aromatic rings. The molecule has 2 N–H and O–H groups in total. The Labute approximate surface area is 114 Å². The van der Waals surface area contributed by atoms with Gasteiger partial charge in [-0.25, -0.2) is 0 Å². The van der Waals surface area contributed by atoms with Crippen LogP contribution in [-0.4, -0.2) is 23.7 Å². The van der Waals surface area contributed by atoms with E-state index in [-0.39, 0.29) is 18.6 Å². The van der Waals surface area contributed by atoms with Crippen LogP contribution in [0.1, 0.15) is 37.8 Å². The number of benzene rings is 1. The van der Waals surface area contributed by atoms with Crippen LogP contribution in [0.5, 0.6) is 0 Å². The highest BCUT2D eigenvalue weighted by atomic mass is 16.5. The number of carbonyl (C=O) groups excluding carboxylic acids is 1. The highest BCUT2D eigenvalue weighted by molar-refractivity contribution is 5.75. The summed E-state index contributed by atoms with van der Waals surface area (Å²) in [6.45, 7) is 4.94. The van der Waals surface area contributed by atoms with Crippen LogP contribution in [0.3, 0.4) is 0 Å². The van der Waals surface area contributed by atoms with E-state index in [0.717, 1.165) is 24.0 Å². The molecule has 0 saturated heterocycles. The second-order valence-corrected chi connectivity index (χ2v) is 4.45. The third-order valence-corrected chi connectivity index (χ3v) is 2.91. The molecule has 1 rings (SSSR count). The second kappa shape index (κ2) is 8.67. The van der Waals surface area contributed by atoms with Gasteiger partial charge in [0.15, 0.2) is 0 Å². The average Bonchev–Trinajstić information content (AvgIpc) is 2.44. The molecule has 0 aliphatic rings. The van der Waals surface area contributed by atoms with Crippen molar-refractivity contribution in [3.8, 4) is 0 Å². The van der Waals surface area contributed by atoms with Gasteiger partial charge in [0.1, 0.15) is 6.04 Å². The van der Waals surface area contributed by atoms with Gasteiger partial charge >= 0.3 is 5.97 Å². The summed E-state index contributed by atoms with van der Waals surface area (Å²) in [4.78, 5) is 11.7. The molecule has 4 nitrogen and oxygen atoms in total. The van der Waals surface area contributed by atoms with E-state index in [4.69, 9.17) is 9.84 Å². The molecular formula is C15H23NO3. The molecule has 0 aliphatic heterocycles. The van der Waals surface area contributed by atoms with Crippen molar-refractivity contribution in [2.24, 2.45) is 0 Å². The number of carbonyl (C=O) groups is 1. The van der Waals surface area contributed by atoms with E-state index in [9.17, 15) is 4.79 Å². The summed E-state index contributed by atoms with van der Waals surface area (Å²) < 4.78 is 5.05. The lowest BCUT2D eigenvalue weighted by molar-refractivity contribution is -0.145. The van der Waals surface area contributed by atoms with Gasteiger partial charge in [0, 0.05) is 6.54 Å². The van der Waals surface area contributed by atoms with E-state index in [2.05, 4.69) is 5.32 Å². The van der Waals surface area contributed by atoms with Crippen LogP contribution in [0.25, 0.3) is 0 Å². The van der Waals surface area contributed by atoms with E-state index in [1.165, 1.54) is 0 Å². The van der Waals surface area contributed by atoms with Crippen LogP contribution in [-0.2, 0) is 22.7 Å². The monoisotopic (exact) mass is 265 g/mol. The van der Waals surface area contributed by atoms with Crippen LogP contribution in [0.15, 0.2) is 24.3 Å². The number of rotatable bonds is 8. The number of hydrogen-bond acceptors (Lipinski definition) is 4.